The van der Waals surface area contributed by atoms with Gasteiger partial charge in [-0.25, -0.2) is 0 Å². The molecule has 1 aromatic heterocycles. The van der Waals surface area contributed by atoms with Gasteiger partial charge in [-0.3, -0.25) is 4.68 Å². The first-order chi connectivity index (χ1) is 8.77. The molecule has 96 valence electrons. The summed E-state index contributed by atoms with van der Waals surface area (Å²) in [6.07, 6.45) is 4.49. The molecule has 0 spiro atoms. The molecule has 0 bridgehead atoms. The zero-order chi connectivity index (χ0) is 12.8. The molecule has 5 nitrogen and oxygen atoms in total. The Labute approximate surface area is 114 Å². The number of phenols is 1. The van der Waals surface area contributed by atoms with Crippen LogP contribution < -0.4 is 5.32 Å². The summed E-state index contributed by atoms with van der Waals surface area (Å²) < 4.78 is 2.53. The van der Waals surface area contributed by atoms with Crippen LogP contribution in [0.1, 0.15) is 12.0 Å². The molecule has 0 saturated carbocycles. The van der Waals surface area contributed by atoms with E-state index >= 15 is 0 Å². The molecule has 0 aliphatic carbocycles. The molecule has 2 N–H and O–H groups in total. The van der Waals surface area contributed by atoms with Gasteiger partial charge in [0, 0.05) is 24.8 Å². The summed E-state index contributed by atoms with van der Waals surface area (Å²) in [6, 6.07) is 5.64. The number of nitrogens with one attached hydrogen (secondary N) is 1. The topological polar surface area (TPSA) is 63.0 Å². The minimum Gasteiger partial charge on any atom is -0.506 e. The number of para-hydroxylation sites is 1. The van der Waals surface area contributed by atoms with Crippen molar-refractivity contribution in [3.63, 3.8) is 0 Å². The molecule has 0 atom stereocenters. The number of hydrogen-bond acceptors (Lipinski definition) is 4. The van der Waals surface area contributed by atoms with Crippen molar-refractivity contribution in [2.45, 2.75) is 19.5 Å². The molecule has 0 radical (unpaired) electrons. The molecule has 2 rings (SSSR count). The van der Waals surface area contributed by atoms with Crippen LogP contribution in [0.3, 0.4) is 0 Å². The van der Waals surface area contributed by atoms with Gasteiger partial charge in [-0.15, -0.1) is 5.10 Å². The Hall–Kier alpha value is -1.40. The monoisotopic (exact) mass is 310 g/mol. The zero-order valence-corrected chi connectivity index (χ0v) is 11.5. The molecular weight excluding hydrogens is 296 g/mol. The van der Waals surface area contributed by atoms with Crippen molar-refractivity contribution in [2.24, 2.45) is 0 Å². The number of aromatic nitrogens is 3. The number of phenolic OH excluding ortho intramolecular Hbond substituents is 1. The van der Waals surface area contributed by atoms with Crippen LogP contribution in [0, 0.1) is 0 Å². The van der Waals surface area contributed by atoms with Crippen LogP contribution in [-0.4, -0.2) is 26.6 Å². The van der Waals surface area contributed by atoms with Gasteiger partial charge in [0.1, 0.15) is 5.75 Å². The molecule has 0 saturated heterocycles. The highest BCUT2D eigenvalue weighted by Crippen LogP contribution is 2.27. The van der Waals surface area contributed by atoms with Gasteiger partial charge >= 0.3 is 0 Å². The van der Waals surface area contributed by atoms with Crippen molar-refractivity contribution in [1.29, 1.82) is 0 Å². The van der Waals surface area contributed by atoms with Gasteiger partial charge in [0.05, 0.1) is 10.7 Å². The van der Waals surface area contributed by atoms with Crippen molar-refractivity contribution < 1.29 is 5.11 Å². The summed E-state index contributed by atoms with van der Waals surface area (Å²) in [4.78, 5) is 0. The van der Waals surface area contributed by atoms with Crippen molar-refractivity contribution in [1.82, 2.24) is 20.3 Å². The Bertz CT molecular complexity index is 487. The summed E-state index contributed by atoms with van der Waals surface area (Å²) in [5, 5.41) is 20.7. The van der Waals surface area contributed by atoms with E-state index in [0.29, 0.717) is 12.3 Å². The maximum atomic E-state index is 9.80. The Kier molecular flexibility index (Phi) is 4.72. The minimum atomic E-state index is 0.307. The van der Waals surface area contributed by atoms with Crippen molar-refractivity contribution in [2.75, 3.05) is 6.54 Å². The highest BCUT2D eigenvalue weighted by Gasteiger charge is 2.03. The summed E-state index contributed by atoms with van der Waals surface area (Å²) in [6.45, 7) is 2.37. The van der Waals surface area contributed by atoms with Crippen LogP contribution in [0.25, 0.3) is 0 Å². The van der Waals surface area contributed by atoms with E-state index in [-0.39, 0.29) is 0 Å². The second-order valence-electron chi connectivity index (χ2n) is 3.94. The average Bonchev–Trinajstić information content (AvgIpc) is 2.87. The Balaban J connectivity index is 1.70. The molecular formula is C12H15BrN4O. The second-order valence-corrected chi connectivity index (χ2v) is 4.80. The van der Waals surface area contributed by atoms with E-state index in [1.807, 2.05) is 24.4 Å². The third-order valence-electron chi connectivity index (χ3n) is 2.60. The first kappa shape index (κ1) is 13.0. The van der Waals surface area contributed by atoms with Crippen molar-refractivity contribution in [3.8, 4) is 5.75 Å². The predicted molar refractivity (Wildman–Crippen MR) is 72.2 cm³/mol. The fourth-order valence-corrected chi connectivity index (χ4v) is 2.05. The third-order valence-corrected chi connectivity index (χ3v) is 3.24. The number of rotatable bonds is 6. The maximum Gasteiger partial charge on any atom is 0.134 e. The third kappa shape index (κ3) is 3.54. The molecule has 1 heterocycles. The summed E-state index contributed by atoms with van der Waals surface area (Å²) >= 11 is 3.30. The number of nitrogens with zero attached hydrogens (tertiary/aromatic N) is 3. The minimum absolute atomic E-state index is 0.307. The fraction of sp³-hybridized carbons (Fsp3) is 0.333. The summed E-state index contributed by atoms with van der Waals surface area (Å²) in [5.74, 6) is 0.307. The SMILES string of the molecule is Oc1c(Br)cccc1CNCCCn1ccnn1. The largest absolute Gasteiger partial charge is 0.506 e. The first-order valence-corrected chi connectivity index (χ1v) is 6.58. The highest BCUT2D eigenvalue weighted by atomic mass is 79.9. The molecule has 0 aliphatic rings. The molecule has 2 aromatic rings. The lowest BCUT2D eigenvalue weighted by atomic mass is 10.2. The molecule has 1 aromatic carbocycles. The number of aryl methyl sites for hydroxylation is 1. The molecule has 0 aliphatic heterocycles. The lowest BCUT2D eigenvalue weighted by molar-refractivity contribution is 0.459. The van der Waals surface area contributed by atoms with Crippen molar-refractivity contribution >= 4 is 15.9 Å². The maximum absolute atomic E-state index is 9.80. The van der Waals surface area contributed by atoms with E-state index in [9.17, 15) is 5.11 Å². The molecule has 18 heavy (non-hydrogen) atoms. The quantitative estimate of drug-likeness (QED) is 0.800. The molecule has 0 unspecified atom stereocenters. The number of aromatic hydroxyl groups is 1. The smallest absolute Gasteiger partial charge is 0.134 e. The second kappa shape index (κ2) is 6.51. The number of hydrogen-bond donors (Lipinski definition) is 2. The normalized spacial score (nSPS) is 10.7. The van der Waals surface area contributed by atoms with Gasteiger partial charge < -0.3 is 10.4 Å². The van der Waals surface area contributed by atoms with Gasteiger partial charge in [-0.2, -0.15) is 0 Å². The molecule has 0 fully saturated rings. The van der Waals surface area contributed by atoms with E-state index < -0.39 is 0 Å². The van der Waals surface area contributed by atoms with Gasteiger partial charge in [-0.05, 0) is 35.0 Å². The lowest BCUT2D eigenvalue weighted by Gasteiger charge is -2.07. The number of halogens is 1. The zero-order valence-electron chi connectivity index (χ0n) is 9.88. The van der Waals surface area contributed by atoms with Crippen LogP contribution >= 0.6 is 15.9 Å². The summed E-state index contributed by atoms with van der Waals surface area (Å²) in [5.41, 5.74) is 0.894. The van der Waals surface area contributed by atoms with Crippen LogP contribution in [0.4, 0.5) is 0 Å². The van der Waals surface area contributed by atoms with Gasteiger partial charge in [-0.1, -0.05) is 17.3 Å². The van der Waals surface area contributed by atoms with Crippen LogP contribution in [-0.2, 0) is 13.1 Å². The van der Waals surface area contributed by atoms with Crippen LogP contribution in [0.2, 0.25) is 0 Å². The van der Waals surface area contributed by atoms with Gasteiger partial charge in [0.15, 0.2) is 0 Å². The van der Waals surface area contributed by atoms with Crippen LogP contribution in [0.5, 0.6) is 5.75 Å². The predicted octanol–water partition coefficient (Wildman–Crippen LogP) is 1.93. The Morgan fingerprint density at radius 3 is 3.06 bits per heavy atom. The van der Waals surface area contributed by atoms with Gasteiger partial charge in [0.25, 0.3) is 0 Å². The Morgan fingerprint density at radius 2 is 2.28 bits per heavy atom. The van der Waals surface area contributed by atoms with E-state index in [1.54, 1.807) is 10.9 Å². The van der Waals surface area contributed by atoms with Gasteiger partial charge in [0.2, 0.25) is 0 Å². The first-order valence-electron chi connectivity index (χ1n) is 5.78. The van der Waals surface area contributed by atoms with E-state index in [1.165, 1.54) is 0 Å². The van der Waals surface area contributed by atoms with E-state index in [4.69, 9.17) is 0 Å². The average molecular weight is 311 g/mol. The highest BCUT2D eigenvalue weighted by molar-refractivity contribution is 9.10. The Morgan fingerprint density at radius 1 is 1.39 bits per heavy atom. The van der Waals surface area contributed by atoms with E-state index in [2.05, 4.69) is 31.6 Å². The number of benzene rings is 1. The summed E-state index contributed by atoms with van der Waals surface area (Å²) in [7, 11) is 0. The van der Waals surface area contributed by atoms with Crippen LogP contribution in [0.15, 0.2) is 35.1 Å². The molecule has 6 heteroatoms. The van der Waals surface area contributed by atoms with Crippen molar-refractivity contribution in [3.05, 3.63) is 40.6 Å². The van der Waals surface area contributed by atoms with E-state index in [0.717, 1.165) is 29.5 Å². The molecule has 0 amide bonds. The lowest BCUT2D eigenvalue weighted by Crippen LogP contribution is -2.16. The standard InChI is InChI=1S/C12H15BrN4O/c13-11-4-1-3-10(12(11)18)9-14-5-2-7-17-8-6-15-16-17/h1,3-4,6,8,14,18H,2,5,7,9H2. The fourth-order valence-electron chi connectivity index (χ4n) is 1.64.